The summed E-state index contributed by atoms with van der Waals surface area (Å²) in [5, 5.41) is 21.8. The lowest BCUT2D eigenvalue weighted by Crippen LogP contribution is -2.65. The van der Waals surface area contributed by atoms with E-state index in [2.05, 4.69) is 21.3 Å². The summed E-state index contributed by atoms with van der Waals surface area (Å²) in [7, 11) is 0. The van der Waals surface area contributed by atoms with Crippen LogP contribution >= 0.6 is 0 Å². The molecule has 5 amide bonds. The van der Waals surface area contributed by atoms with E-state index in [1.165, 1.54) is 6.92 Å². The highest BCUT2D eigenvalue weighted by molar-refractivity contribution is 5.91. The molecule has 0 saturated heterocycles. The summed E-state index contributed by atoms with van der Waals surface area (Å²) in [6, 6.07) is 14.5. The van der Waals surface area contributed by atoms with E-state index in [1.54, 1.807) is 60.7 Å². The molecule has 0 aliphatic heterocycles. The molecule has 0 bridgehead atoms. The van der Waals surface area contributed by atoms with Crippen LogP contribution in [0.15, 0.2) is 60.7 Å². The summed E-state index contributed by atoms with van der Waals surface area (Å²) in [6.07, 6.45) is -5.50. The van der Waals surface area contributed by atoms with Crippen molar-refractivity contribution < 1.29 is 38.6 Å². The first-order valence-electron chi connectivity index (χ1n) is 13.8. The minimum Gasteiger partial charge on any atom is -0.442 e. The molecule has 1 aliphatic rings. The van der Waals surface area contributed by atoms with Gasteiger partial charge in [0.25, 0.3) is 5.91 Å². The van der Waals surface area contributed by atoms with E-state index >= 15 is 0 Å². The summed E-state index contributed by atoms with van der Waals surface area (Å²) in [5.41, 5.74) is 3.43. The Labute approximate surface area is 249 Å². The van der Waals surface area contributed by atoms with E-state index in [0.29, 0.717) is 11.4 Å². The number of para-hydroxylation sites is 2. The molecular formula is C30H39N5O8. The topological polar surface area (TPSA) is 198 Å². The third-order valence-corrected chi connectivity index (χ3v) is 6.64. The number of carbonyl (C=O) groups excluding carboxylic acids is 5. The molecule has 0 aromatic heterocycles. The Morgan fingerprint density at radius 3 is 1.91 bits per heavy atom. The van der Waals surface area contributed by atoms with Crippen molar-refractivity contribution in [2.24, 2.45) is 11.1 Å². The van der Waals surface area contributed by atoms with Crippen LogP contribution in [0, 0.1) is 5.41 Å². The lowest BCUT2D eigenvalue weighted by Gasteiger charge is -2.44. The van der Waals surface area contributed by atoms with E-state index in [1.807, 2.05) is 20.8 Å². The van der Waals surface area contributed by atoms with E-state index in [9.17, 15) is 29.1 Å². The average molecular weight is 598 g/mol. The molecule has 1 saturated carbocycles. The SMILES string of the molecule is CC(NC(=O)C1(O)CC(NC(=O)CC(C)(C)C)C(OC(=O)Nc2ccccc2)C(OC(=O)Nc2ccccc2)C1)C(N)=O. The number of ether oxygens (including phenoxy) is 2. The van der Waals surface area contributed by atoms with Gasteiger partial charge in [0.2, 0.25) is 11.8 Å². The molecule has 0 radical (unpaired) electrons. The molecule has 232 valence electrons. The van der Waals surface area contributed by atoms with Gasteiger partial charge in [-0.3, -0.25) is 25.0 Å². The Balaban J connectivity index is 1.95. The van der Waals surface area contributed by atoms with Gasteiger partial charge in [-0.2, -0.15) is 0 Å². The molecule has 13 nitrogen and oxygen atoms in total. The maximum absolute atomic E-state index is 13.2. The van der Waals surface area contributed by atoms with Crippen LogP contribution in [-0.2, 0) is 23.9 Å². The van der Waals surface area contributed by atoms with Gasteiger partial charge in [0.05, 0.1) is 6.04 Å². The second-order valence-electron chi connectivity index (χ2n) is 11.7. The highest BCUT2D eigenvalue weighted by atomic mass is 16.6. The number of anilines is 2. The number of primary amides is 1. The van der Waals surface area contributed by atoms with Gasteiger partial charge in [-0.15, -0.1) is 0 Å². The van der Waals surface area contributed by atoms with Crippen LogP contribution in [-0.4, -0.2) is 64.9 Å². The molecule has 3 rings (SSSR count). The van der Waals surface area contributed by atoms with Gasteiger partial charge in [-0.25, -0.2) is 9.59 Å². The largest absolute Gasteiger partial charge is 0.442 e. The third kappa shape index (κ3) is 9.99. The number of amides is 5. The molecule has 1 fully saturated rings. The minimum atomic E-state index is -2.25. The van der Waals surface area contributed by atoms with Gasteiger partial charge < -0.3 is 30.9 Å². The van der Waals surface area contributed by atoms with Crippen LogP contribution in [0.5, 0.6) is 0 Å². The molecule has 7 N–H and O–H groups in total. The predicted molar refractivity (Wildman–Crippen MR) is 158 cm³/mol. The maximum atomic E-state index is 13.2. The molecular weight excluding hydrogens is 558 g/mol. The first-order valence-corrected chi connectivity index (χ1v) is 13.8. The third-order valence-electron chi connectivity index (χ3n) is 6.64. The van der Waals surface area contributed by atoms with Crippen LogP contribution in [0.25, 0.3) is 0 Å². The number of carbonyl (C=O) groups is 5. The molecule has 43 heavy (non-hydrogen) atoms. The van der Waals surface area contributed by atoms with Gasteiger partial charge in [-0.1, -0.05) is 57.2 Å². The van der Waals surface area contributed by atoms with E-state index in [-0.39, 0.29) is 6.42 Å². The average Bonchev–Trinajstić information content (AvgIpc) is 2.90. The highest BCUT2D eigenvalue weighted by Gasteiger charge is 2.53. The van der Waals surface area contributed by atoms with Gasteiger partial charge in [-0.05, 0) is 36.6 Å². The molecule has 5 unspecified atom stereocenters. The quantitative estimate of drug-likeness (QED) is 0.253. The van der Waals surface area contributed by atoms with Gasteiger partial charge >= 0.3 is 12.2 Å². The Bertz CT molecular complexity index is 1300. The number of nitrogens with one attached hydrogen (secondary N) is 4. The molecule has 2 aromatic rings. The number of rotatable bonds is 9. The lowest BCUT2D eigenvalue weighted by molar-refractivity contribution is -0.160. The number of benzene rings is 2. The summed E-state index contributed by atoms with van der Waals surface area (Å²) in [6.45, 7) is 6.90. The fourth-order valence-corrected chi connectivity index (χ4v) is 4.60. The first kappa shape index (κ1) is 32.9. The molecule has 0 spiro atoms. The summed E-state index contributed by atoms with van der Waals surface area (Å²) < 4.78 is 11.3. The molecule has 1 aliphatic carbocycles. The Kier molecular flexibility index (Phi) is 10.7. The van der Waals surface area contributed by atoms with Crippen molar-refractivity contribution in [1.82, 2.24) is 10.6 Å². The number of nitrogens with two attached hydrogens (primary N) is 1. The van der Waals surface area contributed by atoms with E-state index < -0.39 is 78.1 Å². The van der Waals surface area contributed by atoms with Gasteiger partial charge in [0.1, 0.15) is 17.7 Å². The fraction of sp³-hybridized carbons (Fsp3) is 0.433. The zero-order valence-electron chi connectivity index (χ0n) is 24.6. The van der Waals surface area contributed by atoms with Gasteiger partial charge in [0.15, 0.2) is 6.10 Å². The molecule has 0 heterocycles. The zero-order valence-corrected chi connectivity index (χ0v) is 24.6. The standard InChI is InChI=1S/C30H39N5O8/c1-18(25(31)37)32-26(38)30(41)15-21(35-23(36)17-29(2,3)4)24(43-28(40)34-20-13-9-6-10-14-20)22(16-30)42-27(39)33-19-11-7-5-8-12-19/h5-14,18,21-22,24,41H,15-17H2,1-4H3,(H2,31,37)(H,32,38)(H,33,39)(H,34,40)(H,35,36). The van der Waals surface area contributed by atoms with Crippen molar-refractivity contribution in [3.63, 3.8) is 0 Å². The smallest absolute Gasteiger partial charge is 0.412 e. The highest BCUT2D eigenvalue weighted by Crippen LogP contribution is 2.34. The Morgan fingerprint density at radius 1 is 0.907 bits per heavy atom. The second kappa shape index (κ2) is 14.0. The van der Waals surface area contributed by atoms with Crippen molar-refractivity contribution in [3.05, 3.63) is 60.7 Å². The summed E-state index contributed by atoms with van der Waals surface area (Å²) >= 11 is 0. The van der Waals surface area contributed by atoms with Crippen LogP contribution in [0.4, 0.5) is 21.0 Å². The predicted octanol–water partition coefficient (Wildman–Crippen LogP) is 2.66. The second-order valence-corrected chi connectivity index (χ2v) is 11.7. The van der Waals surface area contributed by atoms with Crippen LogP contribution in [0.2, 0.25) is 0 Å². The van der Waals surface area contributed by atoms with Crippen LogP contribution in [0.3, 0.4) is 0 Å². The molecule has 13 heteroatoms. The van der Waals surface area contributed by atoms with Gasteiger partial charge in [0, 0.05) is 30.6 Å². The van der Waals surface area contributed by atoms with E-state index in [0.717, 1.165) is 0 Å². The van der Waals surface area contributed by atoms with Crippen molar-refractivity contribution in [1.29, 1.82) is 0 Å². The monoisotopic (exact) mass is 597 g/mol. The summed E-state index contributed by atoms with van der Waals surface area (Å²) in [5.74, 6) is -2.26. The lowest BCUT2D eigenvalue weighted by atomic mass is 9.77. The first-order chi connectivity index (χ1) is 20.1. The van der Waals surface area contributed by atoms with Crippen molar-refractivity contribution in [2.45, 2.75) is 76.9 Å². The van der Waals surface area contributed by atoms with Crippen molar-refractivity contribution >= 4 is 41.3 Å². The molecule has 5 atom stereocenters. The van der Waals surface area contributed by atoms with Crippen LogP contribution in [0.1, 0.15) is 47.0 Å². The minimum absolute atomic E-state index is 0.0653. The number of hydrogen-bond acceptors (Lipinski definition) is 8. The van der Waals surface area contributed by atoms with E-state index in [4.69, 9.17) is 15.2 Å². The van der Waals surface area contributed by atoms with Crippen LogP contribution < -0.4 is 27.0 Å². The van der Waals surface area contributed by atoms with Crippen molar-refractivity contribution in [3.8, 4) is 0 Å². The Morgan fingerprint density at radius 2 is 1.42 bits per heavy atom. The fourth-order valence-electron chi connectivity index (χ4n) is 4.60. The van der Waals surface area contributed by atoms with Crippen molar-refractivity contribution in [2.75, 3.05) is 10.6 Å². The maximum Gasteiger partial charge on any atom is 0.412 e. The Hall–Kier alpha value is -4.65. The number of hydrogen-bond donors (Lipinski definition) is 6. The molecule has 2 aromatic carbocycles. The summed E-state index contributed by atoms with van der Waals surface area (Å²) in [4.78, 5) is 63.8. The number of aliphatic hydroxyl groups is 1. The normalized spacial score (nSPS) is 22.3. The zero-order chi connectivity index (χ0) is 31.8.